The molecule has 2 aromatic heterocycles. The number of halogens is 3. The molecule has 2 heterocycles. The zero-order chi connectivity index (χ0) is 18.0. The predicted molar refractivity (Wildman–Crippen MR) is 78.0 cm³/mol. The summed E-state index contributed by atoms with van der Waals surface area (Å²) in [7, 11) is 0. The average molecular weight is 354 g/mol. The smallest absolute Gasteiger partial charge is 0.371 e. The zero-order valence-electron chi connectivity index (χ0n) is 13.2. The lowest BCUT2D eigenvalue weighted by Gasteiger charge is -2.02. The fourth-order valence-electron chi connectivity index (χ4n) is 1.89. The Kier molecular flexibility index (Phi) is 4.53. The molecule has 132 valence electrons. The minimum atomic E-state index is -4.68. The van der Waals surface area contributed by atoms with Crippen LogP contribution in [-0.2, 0) is 17.5 Å². The molecule has 25 heavy (non-hydrogen) atoms. The van der Waals surface area contributed by atoms with E-state index < -0.39 is 12.1 Å². The molecule has 10 heteroatoms. The molecule has 0 aliphatic heterocycles. The van der Waals surface area contributed by atoms with E-state index in [-0.39, 0.29) is 24.4 Å². The van der Waals surface area contributed by atoms with E-state index in [0.717, 1.165) is 0 Å². The van der Waals surface area contributed by atoms with E-state index in [0.29, 0.717) is 17.0 Å². The highest BCUT2D eigenvalue weighted by Crippen LogP contribution is 2.30. The van der Waals surface area contributed by atoms with Crippen molar-refractivity contribution >= 4 is 0 Å². The summed E-state index contributed by atoms with van der Waals surface area (Å²) < 4.78 is 52.2. The Hall–Kier alpha value is -2.75. The largest absolute Gasteiger partial charge is 0.471 e. The van der Waals surface area contributed by atoms with E-state index >= 15 is 0 Å². The summed E-state index contributed by atoms with van der Waals surface area (Å²) in [6.45, 7) is 4.01. The molecular formula is C15H13F3N4O3. The van der Waals surface area contributed by atoms with Gasteiger partial charge in [0.15, 0.2) is 5.82 Å². The standard InChI is InChI=1S/C15H13F3N4O3/c1-8(2)23-7-11-19-13(24-21-11)10-5-3-9(4-6-10)12-20-14(25-22-12)15(16,17)18/h3-6,8H,7H2,1-2H3. The Balaban J connectivity index is 1.75. The molecule has 1 aromatic carbocycles. The molecule has 0 amide bonds. The lowest BCUT2D eigenvalue weighted by atomic mass is 10.1. The van der Waals surface area contributed by atoms with Gasteiger partial charge in [0.05, 0.1) is 6.10 Å². The average Bonchev–Trinajstić information content (AvgIpc) is 3.22. The summed E-state index contributed by atoms with van der Waals surface area (Å²) in [4.78, 5) is 7.52. The number of aromatic nitrogens is 4. The maximum atomic E-state index is 12.5. The molecule has 0 atom stereocenters. The number of hydrogen-bond donors (Lipinski definition) is 0. The Morgan fingerprint density at radius 1 is 1.00 bits per heavy atom. The van der Waals surface area contributed by atoms with Crippen LogP contribution in [-0.4, -0.2) is 26.4 Å². The maximum absolute atomic E-state index is 12.5. The first-order valence-electron chi connectivity index (χ1n) is 7.29. The molecule has 0 N–H and O–H groups in total. The lowest BCUT2D eigenvalue weighted by Crippen LogP contribution is -2.04. The van der Waals surface area contributed by atoms with Crippen molar-refractivity contribution in [2.45, 2.75) is 32.7 Å². The Bertz CT molecular complexity index is 840. The molecule has 0 aliphatic rings. The number of ether oxygens (including phenoxy) is 1. The van der Waals surface area contributed by atoms with E-state index in [4.69, 9.17) is 9.26 Å². The second-order valence-corrected chi connectivity index (χ2v) is 5.37. The number of rotatable bonds is 5. The first-order valence-corrected chi connectivity index (χ1v) is 7.29. The fraction of sp³-hybridized carbons (Fsp3) is 0.333. The molecule has 3 aromatic rings. The van der Waals surface area contributed by atoms with Crippen LogP contribution in [0.25, 0.3) is 22.8 Å². The van der Waals surface area contributed by atoms with Gasteiger partial charge < -0.3 is 13.8 Å². The Labute approximate surface area is 139 Å². The monoisotopic (exact) mass is 354 g/mol. The summed E-state index contributed by atoms with van der Waals surface area (Å²) in [5.74, 6) is -0.868. The third kappa shape index (κ3) is 4.02. The third-order valence-electron chi connectivity index (χ3n) is 3.07. The van der Waals surface area contributed by atoms with Crippen molar-refractivity contribution in [3.63, 3.8) is 0 Å². The van der Waals surface area contributed by atoms with Crippen molar-refractivity contribution in [1.82, 2.24) is 20.3 Å². The Morgan fingerprint density at radius 3 is 2.28 bits per heavy atom. The second-order valence-electron chi connectivity index (χ2n) is 5.37. The summed E-state index contributed by atoms with van der Waals surface area (Å²) in [6, 6.07) is 6.29. The molecule has 0 radical (unpaired) electrons. The maximum Gasteiger partial charge on any atom is 0.471 e. The van der Waals surface area contributed by atoms with Crippen LogP contribution in [0.4, 0.5) is 13.2 Å². The van der Waals surface area contributed by atoms with Gasteiger partial charge in [-0.15, -0.1) is 0 Å². The highest BCUT2D eigenvalue weighted by Gasteiger charge is 2.38. The topological polar surface area (TPSA) is 87.1 Å². The minimum Gasteiger partial charge on any atom is -0.371 e. The van der Waals surface area contributed by atoms with Gasteiger partial charge in [-0.25, -0.2) is 0 Å². The van der Waals surface area contributed by atoms with Crippen LogP contribution in [0.5, 0.6) is 0 Å². The van der Waals surface area contributed by atoms with Crippen LogP contribution in [0, 0.1) is 0 Å². The molecule has 0 saturated heterocycles. The van der Waals surface area contributed by atoms with Gasteiger partial charge in [0.2, 0.25) is 5.82 Å². The van der Waals surface area contributed by atoms with Gasteiger partial charge in [0.1, 0.15) is 6.61 Å². The van der Waals surface area contributed by atoms with Gasteiger partial charge in [-0.1, -0.05) is 22.4 Å². The van der Waals surface area contributed by atoms with Gasteiger partial charge in [-0.3, -0.25) is 0 Å². The first kappa shape index (κ1) is 17.1. The van der Waals surface area contributed by atoms with Crippen LogP contribution < -0.4 is 0 Å². The van der Waals surface area contributed by atoms with Crippen LogP contribution in [0.1, 0.15) is 25.6 Å². The molecule has 7 nitrogen and oxygen atoms in total. The molecular weight excluding hydrogens is 341 g/mol. The fourth-order valence-corrected chi connectivity index (χ4v) is 1.89. The SMILES string of the molecule is CC(C)OCc1noc(-c2ccc(-c3noc(C(F)(F)F)n3)cc2)n1. The van der Waals surface area contributed by atoms with Crippen LogP contribution in [0.15, 0.2) is 33.3 Å². The van der Waals surface area contributed by atoms with Crippen molar-refractivity contribution in [2.75, 3.05) is 0 Å². The van der Waals surface area contributed by atoms with Gasteiger partial charge in [-0.2, -0.15) is 23.1 Å². The van der Waals surface area contributed by atoms with Crippen molar-refractivity contribution in [1.29, 1.82) is 0 Å². The normalized spacial score (nSPS) is 12.1. The minimum absolute atomic E-state index is 0.0396. The quantitative estimate of drug-likeness (QED) is 0.690. The summed E-state index contributed by atoms with van der Waals surface area (Å²) in [5, 5.41) is 7.13. The van der Waals surface area contributed by atoms with E-state index in [1.54, 1.807) is 12.1 Å². The Morgan fingerprint density at radius 2 is 1.68 bits per heavy atom. The lowest BCUT2D eigenvalue weighted by molar-refractivity contribution is -0.159. The molecule has 0 aliphatic carbocycles. The molecule has 0 saturated carbocycles. The van der Waals surface area contributed by atoms with Gasteiger partial charge >= 0.3 is 12.1 Å². The highest BCUT2D eigenvalue weighted by molar-refractivity contribution is 5.61. The molecule has 0 spiro atoms. The highest BCUT2D eigenvalue weighted by atomic mass is 19.4. The summed E-state index contributed by atoms with van der Waals surface area (Å²) >= 11 is 0. The van der Waals surface area contributed by atoms with Crippen LogP contribution >= 0.6 is 0 Å². The number of hydrogen-bond acceptors (Lipinski definition) is 7. The predicted octanol–water partition coefficient (Wildman–Crippen LogP) is 3.73. The van der Waals surface area contributed by atoms with Crippen molar-refractivity contribution in [2.24, 2.45) is 0 Å². The molecule has 0 unspecified atom stereocenters. The zero-order valence-corrected chi connectivity index (χ0v) is 13.2. The van der Waals surface area contributed by atoms with E-state index in [2.05, 4.69) is 24.8 Å². The molecule has 0 bridgehead atoms. The first-order chi connectivity index (χ1) is 11.8. The van der Waals surface area contributed by atoms with Gasteiger partial charge in [0.25, 0.3) is 5.89 Å². The molecule has 0 fully saturated rings. The van der Waals surface area contributed by atoms with Crippen molar-refractivity contribution in [3.8, 4) is 22.8 Å². The number of alkyl halides is 3. The van der Waals surface area contributed by atoms with E-state index in [1.807, 2.05) is 13.8 Å². The molecule has 3 rings (SSSR count). The van der Waals surface area contributed by atoms with E-state index in [1.165, 1.54) is 12.1 Å². The summed E-state index contributed by atoms with van der Waals surface area (Å²) in [6.07, 6.45) is -4.64. The van der Waals surface area contributed by atoms with Crippen molar-refractivity contribution in [3.05, 3.63) is 36.0 Å². The number of benzene rings is 1. The van der Waals surface area contributed by atoms with Gasteiger partial charge in [-0.05, 0) is 26.0 Å². The summed E-state index contributed by atoms with van der Waals surface area (Å²) in [5.41, 5.74) is 0.970. The van der Waals surface area contributed by atoms with E-state index in [9.17, 15) is 13.2 Å². The number of nitrogens with zero attached hydrogens (tertiary/aromatic N) is 4. The van der Waals surface area contributed by atoms with Crippen LogP contribution in [0.2, 0.25) is 0 Å². The van der Waals surface area contributed by atoms with Crippen molar-refractivity contribution < 1.29 is 27.0 Å². The van der Waals surface area contributed by atoms with Crippen LogP contribution in [0.3, 0.4) is 0 Å². The van der Waals surface area contributed by atoms with Gasteiger partial charge in [0, 0.05) is 11.1 Å². The third-order valence-corrected chi connectivity index (χ3v) is 3.07. The second kappa shape index (κ2) is 6.63.